The van der Waals surface area contributed by atoms with Crippen molar-refractivity contribution in [3.8, 4) is 0 Å². The molecule has 1 aromatic carbocycles. The molecule has 0 atom stereocenters. The average Bonchev–Trinajstić information content (AvgIpc) is 3.23. The first kappa shape index (κ1) is 21.3. The number of rotatable bonds is 6. The number of carbonyl (C=O) groups excluding carboxylic acids is 1. The van der Waals surface area contributed by atoms with E-state index >= 15 is 0 Å². The molecule has 4 rings (SSSR count). The van der Waals surface area contributed by atoms with Gasteiger partial charge in [0.15, 0.2) is 0 Å². The Kier molecular flexibility index (Phi) is 6.23. The van der Waals surface area contributed by atoms with E-state index in [2.05, 4.69) is 27.3 Å². The number of piperazine rings is 1. The number of hydrogen-bond acceptors (Lipinski definition) is 8. The van der Waals surface area contributed by atoms with Crippen LogP contribution in [0.2, 0.25) is 0 Å². The molecule has 2 heterocycles. The summed E-state index contributed by atoms with van der Waals surface area (Å²) in [6, 6.07) is 5.67. The smallest absolute Gasteiger partial charge is 0.325 e. The number of hydrogen-bond donors (Lipinski definition) is 1. The predicted molar refractivity (Wildman–Crippen MR) is 118 cm³/mol. The summed E-state index contributed by atoms with van der Waals surface area (Å²) in [6.07, 6.45) is 2.65. The number of nitro groups is 1. The minimum Gasteiger partial charge on any atom is -0.325 e. The Balaban J connectivity index is 1.45. The maximum absolute atomic E-state index is 12.8. The fraction of sp³-hybridized carbons (Fsp3) is 0.450. The standard InChI is InChI=1S/C20H24N6O4S/c1-23-9-11-24(12-10-23)25-17-4-2-3-16(17)19(22-20(25)28)31-13-18(27)21-14-5-7-15(8-6-14)26(29)30/h5-8H,2-4,9-13H2,1H3,(H,21,27). The third kappa shape index (κ3) is 4.72. The number of benzene rings is 1. The number of carbonyl (C=O) groups is 1. The number of fused-ring (bicyclic) bond motifs is 1. The number of non-ortho nitro benzene ring substituents is 1. The summed E-state index contributed by atoms with van der Waals surface area (Å²) >= 11 is 1.26. The van der Waals surface area contributed by atoms with E-state index in [4.69, 9.17) is 0 Å². The third-order valence-corrected chi connectivity index (χ3v) is 6.56. The van der Waals surface area contributed by atoms with Gasteiger partial charge in [-0.25, -0.2) is 9.47 Å². The van der Waals surface area contributed by atoms with Crippen LogP contribution in [0.25, 0.3) is 0 Å². The molecule has 0 saturated carbocycles. The summed E-state index contributed by atoms with van der Waals surface area (Å²) in [5, 5.41) is 16.2. The van der Waals surface area contributed by atoms with Crippen molar-refractivity contribution in [3.05, 3.63) is 56.1 Å². The molecule has 1 aliphatic heterocycles. The Morgan fingerprint density at radius 2 is 1.90 bits per heavy atom. The summed E-state index contributed by atoms with van der Waals surface area (Å²) in [4.78, 5) is 42.0. The van der Waals surface area contributed by atoms with Crippen LogP contribution in [-0.4, -0.2) is 64.4 Å². The second-order valence-electron chi connectivity index (χ2n) is 7.69. The maximum Gasteiger partial charge on any atom is 0.367 e. The summed E-state index contributed by atoms with van der Waals surface area (Å²) in [5.41, 5.74) is 2.24. The molecule has 2 aliphatic rings. The molecular formula is C20H24N6O4S. The van der Waals surface area contributed by atoms with E-state index < -0.39 is 4.92 Å². The first-order chi connectivity index (χ1) is 14.9. The van der Waals surface area contributed by atoms with E-state index in [0.717, 1.165) is 56.7 Å². The summed E-state index contributed by atoms with van der Waals surface area (Å²) in [5.74, 6) is -0.148. The highest BCUT2D eigenvalue weighted by atomic mass is 32.2. The van der Waals surface area contributed by atoms with Crippen LogP contribution in [0.3, 0.4) is 0 Å². The van der Waals surface area contributed by atoms with Gasteiger partial charge in [0, 0.05) is 49.6 Å². The minimum atomic E-state index is -0.488. The lowest BCUT2D eigenvalue weighted by molar-refractivity contribution is -0.384. The minimum absolute atomic E-state index is 0.0342. The van der Waals surface area contributed by atoms with Gasteiger partial charge in [0.05, 0.1) is 16.4 Å². The fourth-order valence-electron chi connectivity index (χ4n) is 3.91. The Hall–Kier alpha value is -2.92. The van der Waals surface area contributed by atoms with E-state index in [0.29, 0.717) is 10.7 Å². The van der Waals surface area contributed by atoms with Crippen LogP contribution in [0.4, 0.5) is 11.4 Å². The number of anilines is 1. The molecule has 11 heteroatoms. The first-order valence-electron chi connectivity index (χ1n) is 10.2. The van der Waals surface area contributed by atoms with Crippen LogP contribution in [0, 0.1) is 10.1 Å². The second kappa shape index (κ2) is 9.06. The van der Waals surface area contributed by atoms with Crippen LogP contribution >= 0.6 is 11.8 Å². The summed E-state index contributed by atoms with van der Waals surface area (Å²) < 4.78 is 1.75. The molecule has 0 spiro atoms. The molecule has 0 bridgehead atoms. The van der Waals surface area contributed by atoms with Crippen molar-refractivity contribution in [3.63, 3.8) is 0 Å². The Labute approximate surface area is 183 Å². The highest BCUT2D eigenvalue weighted by Gasteiger charge is 2.26. The van der Waals surface area contributed by atoms with Gasteiger partial charge in [-0.3, -0.25) is 14.9 Å². The molecule has 164 valence electrons. The lowest BCUT2D eigenvalue weighted by atomic mass is 10.3. The van der Waals surface area contributed by atoms with Crippen molar-refractivity contribution in [1.29, 1.82) is 0 Å². The topological polar surface area (TPSA) is 114 Å². The zero-order valence-corrected chi connectivity index (χ0v) is 18.1. The van der Waals surface area contributed by atoms with Gasteiger partial charge in [0.25, 0.3) is 5.69 Å². The molecule has 0 radical (unpaired) electrons. The van der Waals surface area contributed by atoms with Crippen LogP contribution < -0.4 is 16.0 Å². The van der Waals surface area contributed by atoms with E-state index in [1.807, 2.05) is 0 Å². The van der Waals surface area contributed by atoms with Gasteiger partial charge in [-0.15, -0.1) is 0 Å². The van der Waals surface area contributed by atoms with Crippen LogP contribution in [0.15, 0.2) is 34.1 Å². The molecule has 1 aromatic heterocycles. The van der Waals surface area contributed by atoms with Crippen molar-refractivity contribution in [2.45, 2.75) is 24.3 Å². The number of amides is 1. The SMILES string of the molecule is CN1CCN(n2c3c(c(SCC(=O)Nc4ccc([N+](=O)[O-])cc4)nc2=O)CCC3)CC1. The van der Waals surface area contributed by atoms with Gasteiger partial charge in [0.1, 0.15) is 5.03 Å². The van der Waals surface area contributed by atoms with Gasteiger partial charge in [-0.1, -0.05) is 11.8 Å². The van der Waals surface area contributed by atoms with Gasteiger partial charge < -0.3 is 15.2 Å². The molecule has 10 nitrogen and oxygen atoms in total. The number of nitrogens with one attached hydrogen (secondary N) is 1. The van der Waals surface area contributed by atoms with Crippen molar-refractivity contribution in [2.24, 2.45) is 0 Å². The van der Waals surface area contributed by atoms with Gasteiger partial charge in [-0.2, -0.15) is 4.98 Å². The number of nitro benzene ring substituents is 1. The largest absolute Gasteiger partial charge is 0.367 e. The molecule has 1 fully saturated rings. The molecule has 0 unspecified atom stereocenters. The normalized spacial score (nSPS) is 16.2. The summed E-state index contributed by atoms with van der Waals surface area (Å²) in [7, 11) is 2.07. The Bertz CT molecular complexity index is 1050. The second-order valence-corrected chi connectivity index (χ2v) is 8.65. The van der Waals surface area contributed by atoms with E-state index in [9.17, 15) is 19.7 Å². The number of thioether (sulfide) groups is 1. The van der Waals surface area contributed by atoms with Crippen molar-refractivity contribution in [1.82, 2.24) is 14.6 Å². The Morgan fingerprint density at radius 3 is 2.58 bits per heavy atom. The van der Waals surface area contributed by atoms with Crippen LogP contribution in [-0.2, 0) is 17.6 Å². The molecule has 2 aromatic rings. The lowest BCUT2D eigenvalue weighted by Gasteiger charge is -2.35. The molecule has 1 aliphatic carbocycles. The molecule has 1 N–H and O–H groups in total. The monoisotopic (exact) mass is 444 g/mol. The first-order valence-corrected chi connectivity index (χ1v) is 11.2. The number of likely N-dealkylation sites (N-methyl/N-ethyl adjacent to an activating group) is 1. The van der Waals surface area contributed by atoms with E-state index in [1.165, 1.54) is 36.0 Å². The lowest BCUT2D eigenvalue weighted by Crippen LogP contribution is -2.54. The number of aromatic nitrogens is 2. The zero-order chi connectivity index (χ0) is 22.0. The number of nitrogens with zero attached hydrogens (tertiary/aromatic N) is 5. The highest BCUT2D eigenvalue weighted by Crippen LogP contribution is 2.29. The highest BCUT2D eigenvalue weighted by molar-refractivity contribution is 8.00. The van der Waals surface area contributed by atoms with Crippen LogP contribution in [0.5, 0.6) is 0 Å². The quantitative estimate of drug-likeness (QED) is 0.307. The molecule has 31 heavy (non-hydrogen) atoms. The van der Waals surface area contributed by atoms with Crippen LogP contribution in [0.1, 0.15) is 17.7 Å². The fourth-order valence-corrected chi connectivity index (χ4v) is 4.79. The maximum atomic E-state index is 12.8. The third-order valence-electron chi connectivity index (χ3n) is 5.55. The van der Waals surface area contributed by atoms with Gasteiger partial charge in [0.2, 0.25) is 5.91 Å². The van der Waals surface area contributed by atoms with Crippen molar-refractivity contribution < 1.29 is 9.72 Å². The molecule has 1 saturated heterocycles. The van der Waals surface area contributed by atoms with Crippen molar-refractivity contribution in [2.75, 3.05) is 49.3 Å². The molecular weight excluding hydrogens is 420 g/mol. The zero-order valence-electron chi connectivity index (χ0n) is 17.2. The average molecular weight is 445 g/mol. The van der Waals surface area contributed by atoms with Gasteiger partial charge in [-0.05, 0) is 38.4 Å². The molecule has 1 amide bonds. The van der Waals surface area contributed by atoms with E-state index in [-0.39, 0.29) is 23.0 Å². The van der Waals surface area contributed by atoms with Gasteiger partial charge >= 0.3 is 5.69 Å². The van der Waals surface area contributed by atoms with E-state index in [1.54, 1.807) is 4.68 Å². The Morgan fingerprint density at radius 1 is 1.19 bits per heavy atom. The van der Waals surface area contributed by atoms with Crippen molar-refractivity contribution >= 4 is 29.0 Å². The summed E-state index contributed by atoms with van der Waals surface area (Å²) in [6.45, 7) is 3.38. The predicted octanol–water partition coefficient (Wildman–Crippen LogP) is 1.25.